The van der Waals surface area contributed by atoms with E-state index in [1.54, 1.807) is 0 Å². The first-order valence-corrected chi connectivity index (χ1v) is 17.0. The molecule has 0 aliphatic rings. The third kappa shape index (κ3) is 4.32. The zero-order valence-electron chi connectivity index (χ0n) is 24.5. The van der Waals surface area contributed by atoms with E-state index in [1.807, 2.05) is 0 Å². The molecular formula is C42H28N2Se. The second kappa shape index (κ2) is 10.7. The van der Waals surface area contributed by atoms with E-state index in [2.05, 4.69) is 179 Å². The molecular weight excluding hydrogens is 611 g/mol. The fraction of sp³-hybridized carbons (Fsp3) is 0. The fourth-order valence-electron chi connectivity index (χ4n) is 6.77. The van der Waals surface area contributed by atoms with Crippen molar-refractivity contribution in [3.8, 4) is 16.8 Å². The molecule has 0 aliphatic heterocycles. The van der Waals surface area contributed by atoms with E-state index in [0.29, 0.717) is 14.5 Å². The van der Waals surface area contributed by atoms with Gasteiger partial charge in [-0.1, -0.05) is 18.2 Å². The van der Waals surface area contributed by atoms with Gasteiger partial charge in [-0.3, -0.25) is 0 Å². The first-order chi connectivity index (χ1) is 22.3. The van der Waals surface area contributed by atoms with Crippen molar-refractivity contribution >= 4 is 72.7 Å². The van der Waals surface area contributed by atoms with Gasteiger partial charge in [-0.05, 0) is 0 Å². The second-order valence-corrected chi connectivity index (χ2v) is 13.7. The van der Waals surface area contributed by atoms with Crippen LogP contribution in [-0.4, -0.2) is 19.1 Å². The monoisotopic (exact) mass is 640 g/mol. The Morgan fingerprint density at radius 2 is 1.02 bits per heavy atom. The van der Waals surface area contributed by atoms with Crippen molar-refractivity contribution in [2.45, 2.75) is 0 Å². The minimum atomic E-state index is 0.329. The second-order valence-electron chi connectivity index (χ2n) is 11.4. The van der Waals surface area contributed by atoms with E-state index in [-0.39, 0.29) is 0 Å². The first kappa shape index (κ1) is 26.1. The Kier molecular flexibility index (Phi) is 6.19. The molecule has 0 atom stereocenters. The zero-order chi connectivity index (χ0) is 29.7. The number of nitrogens with zero attached hydrogens (tertiary/aromatic N) is 2. The van der Waals surface area contributed by atoms with Crippen LogP contribution >= 0.6 is 0 Å². The van der Waals surface area contributed by atoms with E-state index < -0.39 is 0 Å². The fourth-order valence-corrected chi connectivity index (χ4v) is 9.05. The maximum absolute atomic E-state index is 2.45. The van der Waals surface area contributed by atoms with Gasteiger partial charge in [0, 0.05) is 0 Å². The van der Waals surface area contributed by atoms with Gasteiger partial charge in [-0.2, -0.15) is 0 Å². The van der Waals surface area contributed by atoms with Gasteiger partial charge in [0.05, 0.1) is 0 Å². The third-order valence-electron chi connectivity index (χ3n) is 8.78. The standard InChI is InChI=1S/C42H28N2Se/c1-3-13-29(14-4-1)33-17-7-10-20-38(33)43(32-24-26-42-37(28-32)35-19-9-12-22-41(35)45-42)31-23-25-40-36(27-31)34-18-8-11-21-39(34)44(40)30-15-5-2-6-16-30/h1-28H. The summed E-state index contributed by atoms with van der Waals surface area (Å²) in [5, 5.41) is 5.21. The molecule has 2 nitrogen and oxygen atoms in total. The molecule has 2 aromatic heterocycles. The molecule has 0 unspecified atom stereocenters. The maximum atomic E-state index is 2.45. The summed E-state index contributed by atoms with van der Waals surface area (Å²) in [6, 6.07) is 61.9. The molecule has 45 heavy (non-hydrogen) atoms. The van der Waals surface area contributed by atoms with Crippen molar-refractivity contribution in [1.82, 2.24) is 4.57 Å². The van der Waals surface area contributed by atoms with Crippen molar-refractivity contribution in [2.75, 3.05) is 4.90 Å². The van der Waals surface area contributed by atoms with Gasteiger partial charge in [0.15, 0.2) is 0 Å². The molecule has 0 saturated heterocycles. The molecule has 212 valence electrons. The summed E-state index contributed by atoms with van der Waals surface area (Å²) in [7, 11) is 0. The molecule has 9 rings (SSSR count). The van der Waals surface area contributed by atoms with Crippen LogP contribution in [0, 0.1) is 0 Å². The molecule has 3 heteroatoms. The predicted molar refractivity (Wildman–Crippen MR) is 193 cm³/mol. The Hall–Kier alpha value is -5.34. The molecule has 2 heterocycles. The summed E-state index contributed by atoms with van der Waals surface area (Å²) in [6.45, 7) is 0. The molecule has 0 aliphatic carbocycles. The quantitative estimate of drug-likeness (QED) is 0.170. The molecule has 0 fully saturated rings. The Labute approximate surface area is 267 Å². The molecule has 0 radical (unpaired) electrons. The number of aromatic nitrogens is 1. The SMILES string of the molecule is c1ccc(-c2ccccc2N(c2ccc3[se]c4ccccc4c3c2)c2ccc3c(c2)c2ccccc2n3-c2ccccc2)cc1. The van der Waals surface area contributed by atoms with Crippen LogP contribution in [0.15, 0.2) is 170 Å². The van der Waals surface area contributed by atoms with Gasteiger partial charge < -0.3 is 0 Å². The molecule has 0 amide bonds. The van der Waals surface area contributed by atoms with Crippen LogP contribution in [-0.2, 0) is 0 Å². The average Bonchev–Trinajstić information content (AvgIpc) is 3.65. The van der Waals surface area contributed by atoms with E-state index >= 15 is 0 Å². The van der Waals surface area contributed by atoms with Crippen LogP contribution in [0.1, 0.15) is 0 Å². The summed E-state index contributed by atoms with van der Waals surface area (Å²) >= 11 is 0.329. The van der Waals surface area contributed by atoms with Crippen LogP contribution in [0.25, 0.3) is 57.9 Å². The van der Waals surface area contributed by atoms with Crippen molar-refractivity contribution in [3.05, 3.63) is 170 Å². The Bertz CT molecular complexity index is 2490. The Balaban J connectivity index is 1.33. The summed E-state index contributed by atoms with van der Waals surface area (Å²) in [4.78, 5) is 2.45. The van der Waals surface area contributed by atoms with Crippen molar-refractivity contribution < 1.29 is 0 Å². The normalized spacial score (nSPS) is 11.6. The zero-order valence-corrected chi connectivity index (χ0v) is 26.2. The molecule has 9 aromatic rings. The molecule has 0 spiro atoms. The minimum absolute atomic E-state index is 0.329. The van der Waals surface area contributed by atoms with Crippen molar-refractivity contribution in [3.63, 3.8) is 0 Å². The average molecular weight is 640 g/mol. The van der Waals surface area contributed by atoms with Gasteiger partial charge in [-0.15, -0.1) is 0 Å². The van der Waals surface area contributed by atoms with E-state index in [1.165, 1.54) is 57.9 Å². The molecule has 0 bridgehead atoms. The number of benzene rings is 7. The van der Waals surface area contributed by atoms with Crippen molar-refractivity contribution in [1.29, 1.82) is 0 Å². The number of para-hydroxylation sites is 3. The molecule has 0 N–H and O–H groups in total. The summed E-state index contributed by atoms with van der Waals surface area (Å²) in [5.74, 6) is 0. The predicted octanol–water partition coefficient (Wildman–Crippen LogP) is 11.3. The first-order valence-electron chi connectivity index (χ1n) is 15.3. The van der Waals surface area contributed by atoms with Gasteiger partial charge in [0.2, 0.25) is 0 Å². The summed E-state index contributed by atoms with van der Waals surface area (Å²) in [6.07, 6.45) is 0. The van der Waals surface area contributed by atoms with Crippen LogP contribution in [0.3, 0.4) is 0 Å². The van der Waals surface area contributed by atoms with E-state index in [4.69, 9.17) is 0 Å². The van der Waals surface area contributed by atoms with E-state index in [0.717, 1.165) is 17.1 Å². The molecule has 0 saturated carbocycles. The number of hydrogen-bond acceptors (Lipinski definition) is 1. The number of fused-ring (bicyclic) bond motifs is 6. The molecule has 7 aromatic carbocycles. The summed E-state index contributed by atoms with van der Waals surface area (Å²) < 4.78 is 5.29. The number of rotatable bonds is 5. The van der Waals surface area contributed by atoms with Gasteiger partial charge in [-0.25, -0.2) is 0 Å². The Morgan fingerprint density at radius 3 is 1.87 bits per heavy atom. The number of anilines is 3. The van der Waals surface area contributed by atoms with Crippen LogP contribution in [0.4, 0.5) is 17.1 Å². The van der Waals surface area contributed by atoms with E-state index in [9.17, 15) is 0 Å². The van der Waals surface area contributed by atoms with Crippen LogP contribution in [0.5, 0.6) is 0 Å². The van der Waals surface area contributed by atoms with Crippen LogP contribution < -0.4 is 4.90 Å². The van der Waals surface area contributed by atoms with Gasteiger partial charge in [0.25, 0.3) is 0 Å². The third-order valence-corrected chi connectivity index (χ3v) is 11.2. The van der Waals surface area contributed by atoms with Crippen LogP contribution in [0.2, 0.25) is 0 Å². The van der Waals surface area contributed by atoms with Gasteiger partial charge in [0.1, 0.15) is 0 Å². The van der Waals surface area contributed by atoms with Gasteiger partial charge >= 0.3 is 251 Å². The topological polar surface area (TPSA) is 8.17 Å². The van der Waals surface area contributed by atoms with Crippen molar-refractivity contribution in [2.24, 2.45) is 0 Å². The summed E-state index contributed by atoms with van der Waals surface area (Å²) in [5.41, 5.74) is 9.45. The number of hydrogen-bond donors (Lipinski definition) is 0. The Morgan fingerprint density at radius 1 is 0.422 bits per heavy atom.